The fourth-order valence-corrected chi connectivity index (χ4v) is 2.51. The average Bonchev–Trinajstić information content (AvgIpc) is 2.98. The molecule has 0 aliphatic carbocycles. The molecule has 0 unspecified atom stereocenters. The summed E-state index contributed by atoms with van der Waals surface area (Å²) in [7, 11) is 0. The first-order chi connectivity index (χ1) is 9.74. The number of halogens is 1. The van der Waals surface area contributed by atoms with E-state index in [2.05, 4.69) is 15.6 Å². The second kappa shape index (κ2) is 5.73. The van der Waals surface area contributed by atoms with E-state index in [0.717, 1.165) is 25.9 Å². The van der Waals surface area contributed by atoms with Crippen LogP contribution in [0.2, 0.25) is 5.02 Å². The van der Waals surface area contributed by atoms with Crippen LogP contribution < -0.4 is 5.32 Å². The SMILES string of the molecule is O=C(c1ccc(Cl)cc1)c1cn(C2CCNCC2)nn1. The maximum atomic E-state index is 12.3. The van der Waals surface area contributed by atoms with Crippen LogP contribution in [-0.2, 0) is 0 Å². The number of piperidine rings is 1. The van der Waals surface area contributed by atoms with E-state index >= 15 is 0 Å². The molecule has 0 atom stereocenters. The highest BCUT2D eigenvalue weighted by molar-refractivity contribution is 6.30. The molecule has 1 aromatic carbocycles. The van der Waals surface area contributed by atoms with Crippen LogP contribution in [0.15, 0.2) is 30.5 Å². The summed E-state index contributed by atoms with van der Waals surface area (Å²) < 4.78 is 1.81. The topological polar surface area (TPSA) is 59.8 Å². The quantitative estimate of drug-likeness (QED) is 0.879. The Balaban J connectivity index is 1.78. The first kappa shape index (κ1) is 13.3. The normalized spacial score (nSPS) is 16.2. The van der Waals surface area contributed by atoms with Crippen LogP contribution in [0.5, 0.6) is 0 Å². The molecule has 0 saturated carbocycles. The molecule has 3 rings (SSSR count). The number of nitrogens with zero attached hydrogens (tertiary/aromatic N) is 3. The van der Waals surface area contributed by atoms with E-state index in [9.17, 15) is 4.79 Å². The van der Waals surface area contributed by atoms with Crippen LogP contribution >= 0.6 is 11.6 Å². The molecule has 104 valence electrons. The van der Waals surface area contributed by atoms with Gasteiger partial charge in [0.2, 0.25) is 5.78 Å². The number of hydrogen-bond donors (Lipinski definition) is 1. The Morgan fingerprint density at radius 1 is 1.25 bits per heavy atom. The molecule has 1 aromatic heterocycles. The van der Waals surface area contributed by atoms with Crippen LogP contribution in [0.4, 0.5) is 0 Å². The predicted octanol–water partition coefficient (Wildman–Crippen LogP) is 2.09. The second-order valence-electron chi connectivity index (χ2n) is 4.90. The average molecular weight is 291 g/mol. The summed E-state index contributed by atoms with van der Waals surface area (Å²) in [4.78, 5) is 12.3. The molecule has 1 aliphatic rings. The highest BCUT2D eigenvalue weighted by Gasteiger charge is 2.19. The van der Waals surface area contributed by atoms with Gasteiger partial charge in [-0.15, -0.1) is 5.10 Å². The smallest absolute Gasteiger partial charge is 0.214 e. The number of benzene rings is 1. The van der Waals surface area contributed by atoms with Crippen molar-refractivity contribution in [3.8, 4) is 0 Å². The van der Waals surface area contributed by atoms with E-state index in [0.29, 0.717) is 22.3 Å². The van der Waals surface area contributed by atoms with Gasteiger partial charge in [0.05, 0.1) is 12.2 Å². The molecule has 1 N–H and O–H groups in total. The molecule has 6 heteroatoms. The predicted molar refractivity (Wildman–Crippen MR) is 76.0 cm³/mol. The number of nitrogens with one attached hydrogen (secondary N) is 1. The van der Waals surface area contributed by atoms with E-state index in [1.165, 1.54) is 0 Å². The van der Waals surface area contributed by atoms with Crippen molar-refractivity contribution in [1.29, 1.82) is 0 Å². The minimum atomic E-state index is -0.123. The monoisotopic (exact) mass is 290 g/mol. The fraction of sp³-hybridized carbons (Fsp3) is 0.357. The molecule has 20 heavy (non-hydrogen) atoms. The zero-order valence-electron chi connectivity index (χ0n) is 10.9. The van der Waals surface area contributed by atoms with Crippen molar-refractivity contribution in [2.75, 3.05) is 13.1 Å². The molecule has 0 amide bonds. The summed E-state index contributed by atoms with van der Waals surface area (Å²) in [5.74, 6) is -0.123. The van der Waals surface area contributed by atoms with Crippen molar-refractivity contribution in [3.63, 3.8) is 0 Å². The molecule has 5 nitrogen and oxygen atoms in total. The van der Waals surface area contributed by atoms with Gasteiger partial charge in [0.1, 0.15) is 0 Å². The molecule has 2 heterocycles. The Hall–Kier alpha value is -1.72. The Morgan fingerprint density at radius 2 is 1.95 bits per heavy atom. The lowest BCUT2D eigenvalue weighted by molar-refractivity contribution is 0.103. The molecular weight excluding hydrogens is 276 g/mol. The maximum absolute atomic E-state index is 12.3. The zero-order valence-corrected chi connectivity index (χ0v) is 11.7. The summed E-state index contributed by atoms with van der Waals surface area (Å²) in [5.41, 5.74) is 0.956. The third-order valence-corrected chi connectivity index (χ3v) is 3.78. The number of rotatable bonds is 3. The Labute approximate surface area is 121 Å². The van der Waals surface area contributed by atoms with Crippen molar-refractivity contribution in [2.45, 2.75) is 18.9 Å². The molecule has 0 bridgehead atoms. The van der Waals surface area contributed by atoms with Gasteiger partial charge in [0.25, 0.3) is 0 Å². The van der Waals surface area contributed by atoms with Gasteiger partial charge in [-0.05, 0) is 50.2 Å². The molecule has 1 saturated heterocycles. The van der Waals surface area contributed by atoms with Crippen molar-refractivity contribution >= 4 is 17.4 Å². The number of aromatic nitrogens is 3. The minimum Gasteiger partial charge on any atom is -0.317 e. The van der Waals surface area contributed by atoms with Crippen LogP contribution in [0.1, 0.15) is 34.9 Å². The van der Waals surface area contributed by atoms with Crippen molar-refractivity contribution < 1.29 is 4.79 Å². The summed E-state index contributed by atoms with van der Waals surface area (Å²) in [6.07, 6.45) is 3.77. The molecule has 1 fully saturated rings. The second-order valence-corrected chi connectivity index (χ2v) is 5.34. The number of carbonyl (C=O) groups excluding carboxylic acids is 1. The van der Waals surface area contributed by atoms with Gasteiger partial charge in [-0.2, -0.15) is 0 Å². The number of hydrogen-bond acceptors (Lipinski definition) is 4. The maximum Gasteiger partial charge on any atom is 0.214 e. The van der Waals surface area contributed by atoms with Gasteiger partial charge in [-0.3, -0.25) is 4.79 Å². The van der Waals surface area contributed by atoms with E-state index in [1.54, 1.807) is 30.5 Å². The van der Waals surface area contributed by atoms with Crippen molar-refractivity contribution in [2.24, 2.45) is 0 Å². The van der Waals surface area contributed by atoms with Crippen LogP contribution in [0.25, 0.3) is 0 Å². The number of carbonyl (C=O) groups is 1. The third kappa shape index (κ3) is 2.73. The first-order valence-electron chi connectivity index (χ1n) is 6.67. The Morgan fingerprint density at radius 3 is 2.65 bits per heavy atom. The van der Waals surface area contributed by atoms with Crippen molar-refractivity contribution in [1.82, 2.24) is 20.3 Å². The molecule has 2 aromatic rings. The van der Waals surface area contributed by atoms with Crippen LogP contribution in [-0.4, -0.2) is 33.9 Å². The van der Waals surface area contributed by atoms with Gasteiger partial charge in [0.15, 0.2) is 5.69 Å². The summed E-state index contributed by atoms with van der Waals surface area (Å²) in [6.45, 7) is 1.95. The van der Waals surface area contributed by atoms with Gasteiger partial charge in [-0.25, -0.2) is 4.68 Å². The van der Waals surface area contributed by atoms with E-state index < -0.39 is 0 Å². The van der Waals surface area contributed by atoms with E-state index in [4.69, 9.17) is 11.6 Å². The lowest BCUT2D eigenvalue weighted by atomic mass is 10.1. The molecule has 0 spiro atoms. The Bertz CT molecular complexity index is 602. The fourth-order valence-electron chi connectivity index (χ4n) is 2.38. The van der Waals surface area contributed by atoms with Gasteiger partial charge >= 0.3 is 0 Å². The zero-order chi connectivity index (χ0) is 13.9. The lowest BCUT2D eigenvalue weighted by Crippen LogP contribution is -2.29. The summed E-state index contributed by atoms with van der Waals surface area (Å²) in [5, 5.41) is 12.0. The van der Waals surface area contributed by atoms with E-state index in [1.807, 2.05) is 4.68 Å². The van der Waals surface area contributed by atoms with Gasteiger partial charge < -0.3 is 5.32 Å². The largest absolute Gasteiger partial charge is 0.317 e. The van der Waals surface area contributed by atoms with Gasteiger partial charge in [0, 0.05) is 10.6 Å². The highest BCUT2D eigenvalue weighted by Crippen LogP contribution is 2.18. The lowest BCUT2D eigenvalue weighted by Gasteiger charge is -2.22. The highest BCUT2D eigenvalue weighted by atomic mass is 35.5. The number of ketones is 1. The van der Waals surface area contributed by atoms with Crippen molar-refractivity contribution in [3.05, 3.63) is 46.7 Å². The molecular formula is C14H15ClN4O. The van der Waals surface area contributed by atoms with Crippen LogP contribution in [0.3, 0.4) is 0 Å². The van der Waals surface area contributed by atoms with Crippen LogP contribution in [0, 0.1) is 0 Å². The summed E-state index contributed by atoms with van der Waals surface area (Å²) >= 11 is 5.82. The molecule has 1 aliphatic heterocycles. The summed E-state index contributed by atoms with van der Waals surface area (Å²) in [6, 6.07) is 7.14. The van der Waals surface area contributed by atoms with Gasteiger partial charge in [-0.1, -0.05) is 16.8 Å². The minimum absolute atomic E-state index is 0.123. The standard InChI is InChI=1S/C14H15ClN4O/c15-11-3-1-10(2-4-11)14(20)13-9-19(18-17-13)12-5-7-16-8-6-12/h1-4,9,12,16H,5-8H2. The van der Waals surface area contributed by atoms with E-state index in [-0.39, 0.29) is 5.78 Å². The first-order valence-corrected chi connectivity index (χ1v) is 7.04. The Kier molecular flexibility index (Phi) is 3.80. The molecule has 0 radical (unpaired) electrons. The third-order valence-electron chi connectivity index (χ3n) is 3.53.